The number of nitrogens with zero attached hydrogens (tertiary/aromatic N) is 2. The van der Waals surface area contributed by atoms with Gasteiger partial charge in [-0.2, -0.15) is 0 Å². The second-order valence-electron chi connectivity index (χ2n) is 8.22. The van der Waals surface area contributed by atoms with Crippen LogP contribution in [0.1, 0.15) is 43.2 Å². The Bertz CT molecular complexity index is 623. The second kappa shape index (κ2) is 12.2. The number of likely N-dealkylation sites (tertiary alicyclic amines) is 1. The number of aryl methyl sites for hydroxylation is 1. The van der Waals surface area contributed by atoms with Crippen LogP contribution in [0.5, 0.6) is 0 Å². The van der Waals surface area contributed by atoms with Crippen molar-refractivity contribution in [1.29, 1.82) is 0 Å². The van der Waals surface area contributed by atoms with Crippen molar-refractivity contribution in [2.45, 2.75) is 57.7 Å². The molecule has 2 aliphatic heterocycles. The monoisotopic (exact) mass is 402 g/mol. The van der Waals surface area contributed by atoms with Crippen molar-refractivity contribution in [3.8, 4) is 0 Å². The zero-order chi connectivity index (χ0) is 20.3. The molecule has 2 heterocycles. The lowest BCUT2D eigenvalue weighted by atomic mass is 10.0. The third-order valence-corrected chi connectivity index (χ3v) is 5.78. The molecule has 0 bridgehead atoms. The minimum absolute atomic E-state index is 0.381. The van der Waals surface area contributed by atoms with E-state index < -0.39 is 0 Å². The highest BCUT2D eigenvalue weighted by Crippen LogP contribution is 2.15. The molecule has 0 saturated carbocycles. The van der Waals surface area contributed by atoms with E-state index in [0.717, 1.165) is 84.1 Å². The normalized spacial score (nSPS) is 20.0. The van der Waals surface area contributed by atoms with Gasteiger partial charge >= 0.3 is 0 Å². The van der Waals surface area contributed by atoms with Crippen molar-refractivity contribution in [2.24, 2.45) is 4.99 Å². The summed E-state index contributed by atoms with van der Waals surface area (Å²) < 4.78 is 11.3. The van der Waals surface area contributed by atoms with Crippen LogP contribution in [0.2, 0.25) is 0 Å². The van der Waals surface area contributed by atoms with Gasteiger partial charge in [-0.1, -0.05) is 29.8 Å². The maximum atomic E-state index is 5.93. The maximum absolute atomic E-state index is 5.93. The quantitative estimate of drug-likeness (QED) is 0.398. The van der Waals surface area contributed by atoms with E-state index >= 15 is 0 Å². The zero-order valence-electron chi connectivity index (χ0n) is 18.2. The van der Waals surface area contributed by atoms with Crippen molar-refractivity contribution >= 4 is 5.96 Å². The number of rotatable bonds is 8. The molecule has 0 unspecified atom stereocenters. The standard InChI is InChI=1S/C23H38N4O2/c1-19-5-3-6-20(17-19)18-27-12-7-21(8-13-27)26-23(24-2)25-11-4-14-29-22-9-15-28-16-10-22/h3,5-6,17,21-22H,4,7-16,18H2,1-2H3,(H2,24,25,26). The van der Waals surface area contributed by atoms with Crippen molar-refractivity contribution in [1.82, 2.24) is 15.5 Å². The zero-order valence-corrected chi connectivity index (χ0v) is 18.2. The van der Waals surface area contributed by atoms with E-state index in [1.165, 1.54) is 11.1 Å². The Labute approximate surface area is 176 Å². The molecule has 29 heavy (non-hydrogen) atoms. The molecule has 2 aliphatic rings. The molecule has 2 fully saturated rings. The van der Waals surface area contributed by atoms with Crippen LogP contribution < -0.4 is 10.6 Å². The van der Waals surface area contributed by atoms with Crippen LogP contribution >= 0.6 is 0 Å². The topological polar surface area (TPSA) is 58.1 Å². The highest BCUT2D eigenvalue weighted by Gasteiger charge is 2.20. The second-order valence-corrected chi connectivity index (χ2v) is 8.22. The third-order valence-electron chi connectivity index (χ3n) is 5.78. The SMILES string of the molecule is CN=C(NCCCOC1CCOCC1)NC1CCN(Cc2cccc(C)c2)CC1. The lowest BCUT2D eigenvalue weighted by Gasteiger charge is -2.33. The van der Waals surface area contributed by atoms with Crippen molar-refractivity contribution in [2.75, 3.05) is 46.5 Å². The van der Waals surface area contributed by atoms with E-state index in [9.17, 15) is 0 Å². The van der Waals surface area contributed by atoms with Crippen LogP contribution in [0, 0.1) is 6.92 Å². The molecule has 6 heteroatoms. The molecule has 2 N–H and O–H groups in total. The molecular weight excluding hydrogens is 364 g/mol. The maximum Gasteiger partial charge on any atom is 0.191 e. The predicted octanol–water partition coefficient (Wildman–Crippen LogP) is 2.71. The minimum Gasteiger partial charge on any atom is -0.381 e. The average Bonchev–Trinajstić information content (AvgIpc) is 2.75. The highest BCUT2D eigenvalue weighted by atomic mass is 16.5. The number of hydrogen-bond donors (Lipinski definition) is 2. The molecule has 3 rings (SSSR count). The van der Waals surface area contributed by atoms with Crippen LogP contribution in [-0.4, -0.2) is 69.5 Å². The van der Waals surface area contributed by atoms with Gasteiger partial charge < -0.3 is 20.1 Å². The fourth-order valence-electron chi connectivity index (χ4n) is 4.06. The van der Waals surface area contributed by atoms with E-state index in [2.05, 4.69) is 51.7 Å². The minimum atomic E-state index is 0.381. The van der Waals surface area contributed by atoms with Crippen LogP contribution in [0.4, 0.5) is 0 Å². The molecule has 2 saturated heterocycles. The fraction of sp³-hybridized carbons (Fsp3) is 0.696. The Balaban J connectivity index is 1.28. The van der Waals surface area contributed by atoms with E-state index in [-0.39, 0.29) is 0 Å². The third kappa shape index (κ3) is 7.96. The number of hydrogen-bond acceptors (Lipinski definition) is 4. The number of ether oxygens (including phenoxy) is 2. The summed E-state index contributed by atoms with van der Waals surface area (Å²) >= 11 is 0. The molecule has 0 amide bonds. The first-order valence-electron chi connectivity index (χ1n) is 11.2. The van der Waals surface area contributed by atoms with Crippen LogP contribution in [-0.2, 0) is 16.0 Å². The molecular formula is C23H38N4O2. The molecule has 0 aliphatic carbocycles. The number of benzene rings is 1. The molecule has 0 aromatic heterocycles. The number of piperidine rings is 1. The van der Waals surface area contributed by atoms with Crippen LogP contribution in [0.25, 0.3) is 0 Å². The summed E-state index contributed by atoms with van der Waals surface area (Å²) in [6.45, 7) is 8.82. The molecule has 0 spiro atoms. The number of nitrogens with one attached hydrogen (secondary N) is 2. The van der Waals surface area contributed by atoms with Gasteiger partial charge in [0.1, 0.15) is 0 Å². The van der Waals surface area contributed by atoms with Gasteiger partial charge in [-0.25, -0.2) is 0 Å². The van der Waals surface area contributed by atoms with Gasteiger partial charge in [-0.3, -0.25) is 9.89 Å². The average molecular weight is 403 g/mol. The largest absolute Gasteiger partial charge is 0.381 e. The summed E-state index contributed by atoms with van der Waals surface area (Å²) in [5, 5.41) is 7.03. The lowest BCUT2D eigenvalue weighted by molar-refractivity contribution is -0.0320. The summed E-state index contributed by atoms with van der Waals surface area (Å²) in [6.07, 6.45) is 5.73. The molecule has 1 aromatic carbocycles. The van der Waals surface area contributed by atoms with Crippen molar-refractivity contribution < 1.29 is 9.47 Å². The van der Waals surface area contributed by atoms with Gasteiger partial charge in [0.25, 0.3) is 0 Å². The lowest BCUT2D eigenvalue weighted by Crippen LogP contribution is -2.48. The molecule has 1 aromatic rings. The number of guanidine groups is 1. The van der Waals surface area contributed by atoms with Gasteiger partial charge in [0.05, 0.1) is 6.10 Å². The highest BCUT2D eigenvalue weighted by molar-refractivity contribution is 5.79. The fourth-order valence-corrected chi connectivity index (χ4v) is 4.06. The molecule has 162 valence electrons. The van der Waals surface area contributed by atoms with E-state index in [4.69, 9.17) is 9.47 Å². The molecule has 0 radical (unpaired) electrons. The summed E-state index contributed by atoms with van der Waals surface area (Å²) in [5.41, 5.74) is 2.75. The van der Waals surface area contributed by atoms with E-state index in [1.54, 1.807) is 0 Å². The molecule has 6 nitrogen and oxygen atoms in total. The first kappa shape index (κ1) is 22.1. The van der Waals surface area contributed by atoms with E-state index in [1.807, 2.05) is 7.05 Å². The summed E-state index contributed by atoms with van der Waals surface area (Å²) in [4.78, 5) is 6.94. The Hall–Kier alpha value is -1.63. The van der Waals surface area contributed by atoms with Crippen LogP contribution in [0.3, 0.4) is 0 Å². The van der Waals surface area contributed by atoms with Gasteiger partial charge in [0.15, 0.2) is 5.96 Å². The Kier molecular flexibility index (Phi) is 9.25. The van der Waals surface area contributed by atoms with Gasteiger partial charge in [-0.05, 0) is 44.6 Å². The number of aliphatic imine (C=N–C) groups is 1. The van der Waals surface area contributed by atoms with Crippen LogP contribution in [0.15, 0.2) is 29.3 Å². The predicted molar refractivity (Wildman–Crippen MR) is 118 cm³/mol. The first-order valence-corrected chi connectivity index (χ1v) is 11.2. The Morgan fingerprint density at radius 2 is 2.00 bits per heavy atom. The van der Waals surface area contributed by atoms with Crippen molar-refractivity contribution in [3.05, 3.63) is 35.4 Å². The first-order chi connectivity index (χ1) is 14.2. The Morgan fingerprint density at radius 3 is 2.72 bits per heavy atom. The van der Waals surface area contributed by atoms with Crippen molar-refractivity contribution in [3.63, 3.8) is 0 Å². The van der Waals surface area contributed by atoms with Gasteiger partial charge in [-0.15, -0.1) is 0 Å². The van der Waals surface area contributed by atoms with E-state index in [0.29, 0.717) is 12.1 Å². The smallest absolute Gasteiger partial charge is 0.191 e. The summed E-state index contributed by atoms with van der Waals surface area (Å²) in [7, 11) is 1.85. The van der Waals surface area contributed by atoms with Gasteiger partial charge in [0, 0.05) is 59.1 Å². The summed E-state index contributed by atoms with van der Waals surface area (Å²) in [5.74, 6) is 0.910. The Morgan fingerprint density at radius 1 is 1.21 bits per heavy atom. The van der Waals surface area contributed by atoms with Gasteiger partial charge in [0.2, 0.25) is 0 Å². The molecule has 0 atom stereocenters. The summed E-state index contributed by atoms with van der Waals surface area (Å²) in [6, 6.07) is 9.34.